The summed E-state index contributed by atoms with van der Waals surface area (Å²) in [5.74, 6) is -0.00470. The monoisotopic (exact) mass is 214 g/mol. The van der Waals surface area contributed by atoms with Gasteiger partial charge in [-0.2, -0.15) is 0 Å². The minimum Gasteiger partial charge on any atom is -0.379 e. The maximum atomic E-state index is 12.1. The highest BCUT2D eigenvalue weighted by molar-refractivity contribution is 5.86. The van der Waals surface area contributed by atoms with Crippen LogP contribution in [0.25, 0.3) is 0 Å². The Morgan fingerprint density at radius 1 is 1.53 bits per heavy atom. The number of nitrogens with two attached hydrogens (primary N) is 1. The molecule has 1 aliphatic rings. The van der Waals surface area contributed by atoms with Crippen LogP contribution in [0.2, 0.25) is 0 Å². The van der Waals surface area contributed by atoms with Crippen LogP contribution in [0, 0.1) is 5.41 Å². The standard InChI is InChI=1S/C11H22N2O2/c1-10(2,3)7-13(4)9(14)11(12)5-6-15-8-11/h5-8,12H2,1-4H3. The van der Waals surface area contributed by atoms with Crippen LogP contribution in [0.4, 0.5) is 0 Å². The van der Waals surface area contributed by atoms with Crippen molar-refractivity contribution >= 4 is 5.91 Å². The van der Waals surface area contributed by atoms with Crippen LogP contribution in [-0.4, -0.2) is 43.2 Å². The highest BCUT2D eigenvalue weighted by Crippen LogP contribution is 2.21. The molecule has 0 aliphatic carbocycles. The number of carbonyl (C=O) groups excluding carboxylic acids is 1. The zero-order valence-corrected chi connectivity index (χ0v) is 10.2. The van der Waals surface area contributed by atoms with Crippen molar-refractivity contribution in [2.75, 3.05) is 26.8 Å². The molecular weight excluding hydrogens is 192 g/mol. The molecule has 15 heavy (non-hydrogen) atoms. The van der Waals surface area contributed by atoms with Gasteiger partial charge in [0.05, 0.1) is 6.61 Å². The molecule has 4 heteroatoms. The number of carbonyl (C=O) groups is 1. The van der Waals surface area contributed by atoms with Gasteiger partial charge in [0.2, 0.25) is 5.91 Å². The van der Waals surface area contributed by atoms with Crippen molar-refractivity contribution < 1.29 is 9.53 Å². The lowest BCUT2D eigenvalue weighted by atomic mass is 9.93. The van der Waals surface area contributed by atoms with E-state index in [0.717, 1.165) is 0 Å². The van der Waals surface area contributed by atoms with Crippen LogP contribution in [0.15, 0.2) is 0 Å². The summed E-state index contributed by atoms with van der Waals surface area (Å²) in [7, 11) is 1.81. The van der Waals surface area contributed by atoms with Crippen LogP contribution in [-0.2, 0) is 9.53 Å². The zero-order valence-electron chi connectivity index (χ0n) is 10.2. The van der Waals surface area contributed by atoms with E-state index in [4.69, 9.17) is 10.5 Å². The number of nitrogens with zero attached hydrogens (tertiary/aromatic N) is 1. The normalized spacial score (nSPS) is 26.7. The Morgan fingerprint density at radius 3 is 2.53 bits per heavy atom. The van der Waals surface area contributed by atoms with Crippen LogP contribution < -0.4 is 5.73 Å². The fraction of sp³-hybridized carbons (Fsp3) is 0.909. The predicted octanol–water partition coefficient (Wildman–Crippen LogP) is 0.609. The van der Waals surface area contributed by atoms with Gasteiger partial charge >= 0.3 is 0 Å². The van der Waals surface area contributed by atoms with Crippen LogP contribution in [0.5, 0.6) is 0 Å². The first kappa shape index (κ1) is 12.5. The van der Waals surface area contributed by atoms with E-state index in [0.29, 0.717) is 26.2 Å². The zero-order chi connectivity index (χ0) is 11.7. The second-order valence-corrected chi connectivity index (χ2v) is 5.68. The fourth-order valence-electron chi connectivity index (χ4n) is 1.91. The Bertz CT molecular complexity index is 239. The van der Waals surface area contributed by atoms with E-state index in [1.165, 1.54) is 0 Å². The minimum atomic E-state index is -0.792. The third-order valence-corrected chi connectivity index (χ3v) is 2.54. The van der Waals surface area contributed by atoms with Crippen molar-refractivity contribution in [3.05, 3.63) is 0 Å². The molecule has 0 radical (unpaired) electrons. The van der Waals surface area contributed by atoms with Gasteiger partial charge in [-0.15, -0.1) is 0 Å². The Kier molecular flexibility index (Phi) is 3.41. The summed E-state index contributed by atoms with van der Waals surface area (Å²) in [5.41, 5.74) is 5.31. The first-order chi connectivity index (χ1) is 6.75. The molecule has 0 spiro atoms. The third-order valence-electron chi connectivity index (χ3n) is 2.54. The molecule has 0 aromatic carbocycles. The van der Waals surface area contributed by atoms with E-state index in [1.54, 1.807) is 11.9 Å². The Balaban J connectivity index is 2.60. The number of amides is 1. The molecule has 1 saturated heterocycles. The van der Waals surface area contributed by atoms with E-state index in [2.05, 4.69) is 20.8 Å². The molecular formula is C11H22N2O2. The molecule has 0 aromatic rings. The highest BCUT2D eigenvalue weighted by atomic mass is 16.5. The molecule has 2 N–H and O–H groups in total. The van der Waals surface area contributed by atoms with Crippen molar-refractivity contribution in [1.82, 2.24) is 4.90 Å². The minimum absolute atomic E-state index is 0.00470. The Morgan fingerprint density at radius 2 is 2.13 bits per heavy atom. The SMILES string of the molecule is CN(CC(C)(C)C)C(=O)C1(N)CCOC1. The molecule has 1 heterocycles. The molecule has 88 valence electrons. The van der Waals surface area contributed by atoms with E-state index in [9.17, 15) is 4.79 Å². The highest BCUT2D eigenvalue weighted by Gasteiger charge is 2.40. The topological polar surface area (TPSA) is 55.6 Å². The van der Waals surface area contributed by atoms with Gasteiger partial charge in [0, 0.05) is 20.2 Å². The van der Waals surface area contributed by atoms with E-state index >= 15 is 0 Å². The lowest BCUT2D eigenvalue weighted by molar-refractivity contribution is -0.136. The molecule has 0 saturated carbocycles. The summed E-state index contributed by atoms with van der Waals surface area (Å²) < 4.78 is 5.19. The average Bonchev–Trinajstić information content (AvgIpc) is 2.49. The summed E-state index contributed by atoms with van der Waals surface area (Å²) in [6.07, 6.45) is 0.625. The smallest absolute Gasteiger partial charge is 0.244 e. The summed E-state index contributed by atoms with van der Waals surface area (Å²) >= 11 is 0. The number of hydrogen-bond donors (Lipinski definition) is 1. The van der Waals surface area contributed by atoms with Gasteiger partial charge in [-0.05, 0) is 11.8 Å². The van der Waals surface area contributed by atoms with Crippen molar-refractivity contribution in [1.29, 1.82) is 0 Å². The lowest BCUT2D eigenvalue weighted by Crippen LogP contribution is -2.56. The molecule has 0 aromatic heterocycles. The van der Waals surface area contributed by atoms with Crippen LogP contribution >= 0.6 is 0 Å². The van der Waals surface area contributed by atoms with Gasteiger partial charge in [0.25, 0.3) is 0 Å². The molecule has 1 unspecified atom stereocenters. The maximum absolute atomic E-state index is 12.1. The number of likely N-dealkylation sites (N-methyl/N-ethyl adjacent to an activating group) is 1. The number of hydrogen-bond acceptors (Lipinski definition) is 3. The van der Waals surface area contributed by atoms with Crippen LogP contribution in [0.1, 0.15) is 27.2 Å². The maximum Gasteiger partial charge on any atom is 0.244 e. The van der Waals surface area contributed by atoms with E-state index in [1.807, 2.05) is 0 Å². The van der Waals surface area contributed by atoms with Crippen molar-refractivity contribution in [3.8, 4) is 0 Å². The first-order valence-corrected chi connectivity index (χ1v) is 5.37. The lowest BCUT2D eigenvalue weighted by Gasteiger charge is -2.32. The largest absolute Gasteiger partial charge is 0.379 e. The van der Waals surface area contributed by atoms with Crippen molar-refractivity contribution in [3.63, 3.8) is 0 Å². The van der Waals surface area contributed by atoms with Gasteiger partial charge in [0.1, 0.15) is 5.54 Å². The summed E-state index contributed by atoms with van der Waals surface area (Å²) in [6.45, 7) is 7.96. The average molecular weight is 214 g/mol. The first-order valence-electron chi connectivity index (χ1n) is 5.37. The summed E-state index contributed by atoms with van der Waals surface area (Å²) in [5, 5.41) is 0. The van der Waals surface area contributed by atoms with Crippen molar-refractivity contribution in [2.45, 2.75) is 32.7 Å². The van der Waals surface area contributed by atoms with E-state index in [-0.39, 0.29) is 11.3 Å². The number of ether oxygens (including phenoxy) is 1. The molecule has 1 fully saturated rings. The Labute approximate surface area is 91.8 Å². The van der Waals surface area contributed by atoms with Gasteiger partial charge in [-0.1, -0.05) is 20.8 Å². The van der Waals surface area contributed by atoms with Gasteiger partial charge in [-0.3, -0.25) is 4.79 Å². The summed E-state index contributed by atoms with van der Waals surface area (Å²) in [6, 6.07) is 0. The Hall–Kier alpha value is -0.610. The second kappa shape index (κ2) is 4.10. The van der Waals surface area contributed by atoms with Crippen molar-refractivity contribution in [2.24, 2.45) is 11.1 Å². The van der Waals surface area contributed by atoms with Gasteiger partial charge in [-0.25, -0.2) is 0 Å². The van der Waals surface area contributed by atoms with Gasteiger partial charge in [0.15, 0.2) is 0 Å². The summed E-state index contributed by atoms with van der Waals surface area (Å²) in [4.78, 5) is 13.8. The molecule has 1 rings (SSSR count). The number of rotatable bonds is 2. The van der Waals surface area contributed by atoms with Gasteiger partial charge < -0.3 is 15.4 Å². The molecule has 1 amide bonds. The molecule has 0 bridgehead atoms. The molecule has 1 aliphatic heterocycles. The third kappa shape index (κ3) is 3.18. The van der Waals surface area contributed by atoms with Crippen LogP contribution in [0.3, 0.4) is 0 Å². The van der Waals surface area contributed by atoms with E-state index < -0.39 is 5.54 Å². The molecule has 1 atom stereocenters. The quantitative estimate of drug-likeness (QED) is 0.732. The second-order valence-electron chi connectivity index (χ2n) is 5.68. The molecule has 4 nitrogen and oxygen atoms in total. The predicted molar refractivity (Wildman–Crippen MR) is 59.4 cm³/mol. The fourth-order valence-corrected chi connectivity index (χ4v) is 1.91.